The summed E-state index contributed by atoms with van der Waals surface area (Å²) in [6.45, 7) is -0.0161. The van der Waals surface area contributed by atoms with Gasteiger partial charge in [-0.1, -0.05) is 29.8 Å². The zero-order chi connectivity index (χ0) is 22.1. The minimum Gasteiger partial charge on any atom is -0.334 e. The molecule has 2 aromatic rings. The molecule has 0 spiro atoms. The summed E-state index contributed by atoms with van der Waals surface area (Å²) in [6, 6.07) is 9.78. The predicted octanol–water partition coefficient (Wildman–Crippen LogP) is 2.06. The first kappa shape index (κ1) is 20.5. The zero-order valence-corrected chi connectivity index (χ0v) is 16.9. The van der Waals surface area contributed by atoms with E-state index in [4.69, 9.17) is 11.6 Å². The van der Waals surface area contributed by atoms with Crippen molar-refractivity contribution in [2.45, 2.75) is 25.4 Å². The number of nitrogens with zero attached hydrogens (tertiary/aromatic N) is 1. The molecule has 4 rings (SSSR count). The molecule has 9 nitrogen and oxygen atoms in total. The maximum absolute atomic E-state index is 13.0. The Labute approximate surface area is 181 Å². The van der Waals surface area contributed by atoms with Crippen LogP contribution in [0.15, 0.2) is 42.5 Å². The largest absolute Gasteiger partial charge is 0.334 e. The maximum atomic E-state index is 13.0. The van der Waals surface area contributed by atoms with Crippen molar-refractivity contribution in [3.05, 3.63) is 64.2 Å². The number of hydrogen-bond acceptors (Lipinski definition) is 5. The van der Waals surface area contributed by atoms with Crippen molar-refractivity contribution in [2.24, 2.45) is 0 Å². The lowest BCUT2D eigenvalue weighted by Gasteiger charge is -2.27. The van der Waals surface area contributed by atoms with Crippen LogP contribution in [0.25, 0.3) is 0 Å². The van der Waals surface area contributed by atoms with Crippen LogP contribution in [-0.2, 0) is 16.1 Å². The van der Waals surface area contributed by atoms with Crippen LogP contribution in [0.4, 0.5) is 10.5 Å². The second-order valence-electron chi connectivity index (χ2n) is 7.10. The molecule has 1 atom stereocenters. The second-order valence-corrected chi connectivity index (χ2v) is 7.54. The van der Waals surface area contributed by atoms with Crippen LogP contribution in [0.1, 0.15) is 39.1 Å². The van der Waals surface area contributed by atoms with Gasteiger partial charge in [-0.25, -0.2) is 4.79 Å². The third kappa shape index (κ3) is 3.99. The number of fused-ring (bicyclic) bond motifs is 1. The summed E-state index contributed by atoms with van der Waals surface area (Å²) in [7, 11) is 0. The van der Waals surface area contributed by atoms with Gasteiger partial charge in [0.2, 0.25) is 11.8 Å². The minimum atomic E-state index is -1.04. The van der Waals surface area contributed by atoms with E-state index in [1.54, 1.807) is 36.4 Å². The number of piperidine rings is 1. The lowest BCUT2D eigenvalue weighted by Crippen LogP contribution is -2.54. The highest BCUT2D eigenvalue weighted by molar-refractivity contribution is 6.30. The summed E-state index contributed by atoms with van der Waals surface area (Å²) in [4.78, 5) is 62.5. The molecule has 1 saturated heterocycles. The standard InChI is InChI=1S/C21H17ClN4O5/c22-12-4-2-5-13(9-12)24-21(31)23-10-11-3-1-6-14-17(11)20(30)26(19(14)29)15-7-8-16(27)25-18(15)28/h1-6,9,15H,7-8,10H2,(H2,23,24,31)(H,25,27,28). The first-order valence-corrected chi connectivity index (χ1v) is 9.87. The summed E-state index contributed by atoms with van der Waals surface area (Å²) >= 11 is 5.90. The Morgan fingerprint density at radius 3 is 2.61 bits per heavy atom. The predicted molar refractivity (Wildman–Crippen MR) is 110 cm³/mol. The number of rotatable bonds is 4. The highest BCUT2D eigenvalue weighted by atomic mass is 35.5. The first-order valence-electron chi connectivity index (χ1n) is 9.49. The number of carbonyl (C=O) groups excluding carboxylic acids is 5. The van der Waals surface area contributed by atoms with E-state index < -0.39 is 35.7 Å². The van der Waals surface area contributed by atoms with Crippen molar-refractivity contribution >= 4 is 46.9 Å². The maximum Gasteiger partial charge on any atom is 0.319 e. The number of nitrogens with one attached hydrogen (secondary N) is 3. The molecule has 2 aliphatic heterocycles. The summed E-state index contributed by atoms with van der Waals surface area (Å²) in [6.07, 6.45) is 0.119. The van der Waals surface area contributed by atoms with Gasteiger partial charge in [-0.2, -0.15) is 0 Å². The molecule has 0 aromatic heterocycles. The second kappa shape index (κ2) is 8.19. The number of hydrogen-bond donors (Lipinski definition) is 3. The highest BCUT2D eigenvalue weighted by Gasteiger charge is 2.45. The molecule has 6 amide bonds. The van der Waals surface area contributed by atoms with E-state index >= 15 is 0 Å². The van der Waals surface area contributed by atoms with E-state index in [0.29, 0.717) is 16.3 Å². The number of halogens is 1. The van der Waals surface area contributed by atoms with Gasteiger partial charge in [0.15, 0.2) is 0 Å². The Hall–Kier alpha value is -3.72. The van der Waals surface area contributed by atoms with Crippen LogP contribution >= 0.6 is 11.6 Å². The van der Waals surface area contributed by atoms with E-state index in [1.807, 2.05) is 0 Å². The Morgan fingerprint density at radius 1 is 1.10 bits per heavy atom. The van der Waals surface area contributed by atoms with Gasteiger partial charge < -0.3 is 10.6 Å². The molecule has 2 heterocycles. The molecule has 3 N–H and O–H groups in total. The van der Waals surface area contributed by atoms with Crippen LogP contribution < -0.4 is 16.0 Å². The average Bonchev–Trinajstić information content (AvgIpc) is 2.98. The van der Waals surface area contributed by atoms with Crippen molar-refractivity contribution in [2.75, 3.05) is 5.32 Å². The molecule has 1 fully saturated rings. The normalized spacial score (nSPS) is 18.0. The molecule has 1 unspecified atom stereocenters. The van der Waals surface area contributed by atoms with Gasteiger partial charge in [0.1, 0.15) is 6.04 Å². The van der Waals surface area contributed by atoms with Crippen molar-refractivity contribution < 1.29 is 24.0 Å². The fourth-order valence-corrected chi connectivity index (χ4v) is 3.84. The van der Waals surface area contributed by atoms with Gasteiger partial charge in [0, 0.05) is 23.7 Å². The van der Waals surface area contributed by atoms with Gasteiger partial charge in [-0.05, 0) is 36.2 Å². The van der Waals surface area contributed by atoms with E-state index in [9.17, 15) is 24.0 Å². The van der Waals surface area contributed by atoms with Crippen LogP contribution in [0.2, 0.25) is 5.02 Å². The molecule has 31 heavy (non-hydrogen) atoms. The minimum absolute atomic E-state index is 0.0161. The first-order chi connectivity index (χ1) is 14.8. The third-order valence-electron chi connectivity index (χ3n) is 5.08. The molecule has 0 radical (unpaired) electrons. The quantitative estimate of drug-likeness (QED) is 0.627. The SMILES string of the molecule is O=C1CCC(N2C(=O)c3cccc(CNC(=O)Nc4cccc(Cl)c4)c3C2=O)C(=O)N1. The van der Waals surface area contributed by atoms with Crippen LogP contribution in [0, 0.1) is 0 Å². The van der Waals surface area contributed by atoms with Crippen molar-refractivity contribution in [3.8, 4) is 0 Å². The molecular weight excluding hydrogens is 424 g/mol. The van der Waals surface area contributed by atoms with Gasteiger partial charge >= 0.3 is 6.03 Å². The lowest BCUT2D eigenvalue weighted by atomic mass is 10.0. The van der Waals surface area contributed by atoms with Gasteiger partial charge in [-0.15, -0.1) is 0 Å². The third-order valence-corrected chi connectivity index (χ3v) is 5.31. The van der Waals surface area contributed by atoms with Crippen molar-refractivity contribution in [1.29, 1.82) is 0 Å². The van der Waals surface area contributed by atoms with E-state index in [1.165, 1.54) is 6.07 Å². The van der Waals surface area contributed by atoms with Crippen LogP contribution in [0.3, 0.4) is 0 Å². The fraction of sp³-hybridized carbons (Fsp3) is 0.190. The molecule has 2 aromatic carbocycles. The van der Waals surface area contributed by atoms with Gasteiger partial charge in [-0.3, -0.25) is 29.4 Å². The summed E-state index contributed by atoms with van der Waals surface area (Å²) < 4.78 is 0. The van der Waals surface area contributed by atoms with E-state index in [0.717, 1.165) is 4.90 Å². The Kier molecular flexibility index (Phi) is 5.43. The zero-order valence-electron chi connectivity index (χ0n) is 16.1. The van der Waals surface area contributed by atoms with Crippen LogP contribution in [0.5, 0.6) is 0 Å². The summed E-state index contributed by atoms with van der Waals surface area (Å²) in [5.41, 5.74) is 1.23. The monoisotopic (exact) mass is 440 g/mol. The van der Waals surface area contributed by atoms with Gasteiger partial charge in [0.25, 0.3) is 11.8 Å². The number of imide groups is 2. The molecule has 158 valence electrons. The van der Waals surface area contributed by atoms with Gasteiger partial charge in [0.05, 0.1) is 11.1 Å². The van der Waals surface area contributed by atoms with Crippen molar-refractivity contribution in [1.82, 2.24) is 15.5 Å². The van der Waals surface area contributed by atoms with E-state index in [2.05, 4.69) is 16.0 Å². The molecule has 0 aliphatic carbocycles. The summed E-state index contributed by atoms with van der Waals surface area (Å²) in [5, 5.41) is 7.90. The number of amides is 6. The fourth-order valence-electron chi connectivity index (χ4n) is 3.65. The lowest BCUT2D eigenvalue weighted by molar-refractivity contribution is -0.136. The molecule has 0 bridgehead atoms. The molecule has 2 aliphatic rings. The smallest absolute Gasteiger partial charge is 0.319 e. The van der Waals surface area contributed by atoms with Crippen LogP contribution in [-0.4, -0.2) is 40.6 Å². The number of urea groups is 1. The number of benzene rings is 2. The Bertz CT molecular complexity index is 1130. The molecule has 10 heteroatoms. The highest BCUT2D eigenvalue weighted by Crippen LogP contribution is 2.30. The van der Waals surface area contributed by atoms with Crippen molar-refractivity contribution in [3.63, 3.8) is 0 Å². The average molecular weight is 441 g/mol. The Morgan fingerprint density at radius 2 is 1.87 bits per heavy atom. The Balaban J connectivity index is 1.50. The number of anilines is 1. The molecule has 0 saturated carbocycles. The molecular formula is C21H17ClN4O5. The van der Waals surface area contributed by atoms with E-state index in [-0.39, 0.29) is 30.5 Å². The summed E-state index contributed by atoms with van der Waals surface area (Å²) in [5.74, 6) is -2.33. The topological polar surface area (TPSA) is 125 Å². The number of carbonyl (C=O) groups is 5.